The molecular weight excluding hydrogens is 426 g/mol. The molecule has 184 valence electrons. The minimum absolute atomic E-state index is 0.0451. The minimum atomic E-state index is 0.0451. The molecule has 1 saturated heterocycles. The van der Waals surface area contributed by atoms with Crippen molar-refractivity contribution in [2.24, 2.45) is 5.92 Å². The molecule has 1 fully saturated rings. The van der Waals surface area contributed by atoms with Gasteiger partial charge < -0.3 is 19.1 Å². The first-order valence-corrected chi connectivity index (χ1v) is 12.0. The number of rotatable bonds is 10. The fourth-order valence-corrected chi connectivity index (χ4v) is 5.40. The summed E-state index contributed by atoms with van der Waals surface area (Å²) >= 11 is 0. The molecule has 3 atom stereocenters. The smallest absolute Gasteiger partial charge is 0.161 e. The molecule has 3 unspecified atom stereocenters. The Morgan fingerprint density at radius 1 is 1.03 bits per heavy atom. The van der Waals surface area contributed by atoms with Crippen LogP contribution >= 0.6 is 0 Å². The van der Waals surface area contributed by atoms with Crippen molar-refractivity contribution in [1.29, 1.82) is 5.26 Å². The molecule has 0 aromatic heterocycles. The number of methoxy groups -OCH3 is 3. The highest BCUT2D eigenvalue weighted by Crippen LogP contribution is 2.45. The fraction of sp³-hybridized carbons (Fsp3) is 0.536. The molecule has 2 aromatic carbocycles. The second-order valence-electron chi connectivity index (χ2n) is 9.59. The van der Waals surface area contributed by atoms with E-state index in [0.29, 0.717) is 36.5 Å². The molecule has 0 radical (unpaired) electrons. The first-order valence-electron chi connectivity index (χ1n) is 12.0. The second kappa shape index (κ2) is 11.6. The van der Waals surface area contributed by atoms with Gasteiger partial charge >= 0.3 is 0 Å². The number of nitrogens with zero attached hydrogens (tertiary/aromatic N) is 3. The van der Waals surface area contributed by atoms with Crippen molar-refractivity contribution in [3.8, 4) is 23.3 Å². The summed E-state index contributed by atoms with van der Waals surface area (Å²) in [4.78, 5) is 4.70. The molecule has 1 aliphatic rings. The van der Waals surface area contributed by atoms with Crippen LogP contribution in [-0.4, -0.2) is 63.9 Å². The van der Waals surface area contributed by atoms with E-state index in [1.165, 1.54) is 5.56 Å². The van der Waals surface area contributed by atoms with E-state index >= 15 is 0 Å². The fourth-order valence-electron chi connectivity index (χ4n) is 5.40. The third kappa shape index (κ3) is 5.65. The van der Waals surface area contributed by atoms with Crippen LogP contribution in [-0.2, 0) is 12.0 Å². The van der Waals surface area contributed by atoms with E-state index < -0.39 is 0 Å². The maximum atomic E-state index is 9.55. The van der Waals surface area contributed by atoms with Gasteiger partial charge in [0.2, 0.25) is 0 Å². The van der Waals surface area contributed by atoms with Gasteiger partial charge in [-0.2, -0.15) is 5.26 Å². The van der Waals surface area contributed by atoms with Crippen LogP contribution in [0.1, 0.15) is 37.8 Å². The van der Waals surface area contributed by atoms with Crippen molar-refractivity contribution in [2.45, 2.75) is 44.7 Å². The van der Waals surface area contributed by atoms with Crippen molar-refractivity contribution in [1.82, 2.24) is 9.80 Å². The van der Waals surface area contributed by atoms with E-state index in [1.807, 2.05) is 18.2 Å². The van der Waals surface area contributed by atoms with Crippen molar-refractivity contribution in [3.63, 3.8) is 0 Å². The summed E-state index contributed by atoms with van der Waals surface area (Å²) < 4.78 is 16.3. The van der Waals surface area contributed by atoms with Gasteiger partial charge in [0.15, 0.2) is 11.5 Å². The maximum absolute atomic E-state index is 9.55. The summed E-state index contributed by atoms with van der Waals surface area (Å²) in [5, 5.41) is 9.55. The predicted molar refractivity (Wildman–Crippen MR) is 136 cm³/mol. The number of piperidine rings is 1. The first kappa shape index (κ1) is 25.9. The zero-order valence-electron chi connectivity index (χ0n) is 21.5. The van der Waals surface area contributed by atoms with Crippen LogP contribution in [0.25, 0.3) is 0 Å². The zero-order chi connectivity index (χ0) is 24.7. The maximum Gasteiger partial charge on any atom is 0.161 e. The standard InChI is InChI=1S/C28H39N3O3/c1-21-19-30(3)22(2)18-28(21,24-8-10-25(32-4)11-9-24)13-15-31(16-14-29)20-23-7-12-26(33-5)27(17-23)34-6/h7-12,17,21-22H,13,15-16,18-20H2,1-6H3. The minimum Gasteiger partial charge on any atom is -0.497 e. The van der Waals surface area contributed by atoms with Crippen LogP contribution in [0.2, 0.25) is 0 Å². The number of hydrogen-bond acceptors (Lipinski definition) is 6. The molecule has 3 rings (SSSR count). The predicted octanol–water partition coefficient (Wildman–Crippen LogP) is 4.73. The van der Waals surface area contributed by atoms with Gasteiger partial charge in [-0.05, 0) is 68.1 Å². The Balaban J connectivity index is 1.85. The lowest BCUT2D eigenvalue weighted by atomic mass is 9.63. The van der Waals surface area contributed by atoms with Crippen LogP contribution in [0.4, 0.5) is 0 Å². The molecule has 34 heavy (non-hydrogen) atoms. The summed E-state index contributed by atoms with van der Waals surface area (Å²) in [5.74, 6) is 2.80. The summed E-state index contributed by atoms with van der Waals surface area (Å²) in [6.07, 6.45) is 2.08. The molecule has 0 aliphatic carbocycles. The van der Waals surface area contributed by atoms with Crippen LogP contribution in [0.5, 0.6) is 17.2 Å². The molecule has 2 aromatic rings. The molecule has 0 N–H and O–H groups in total. The van der Waals surface area contributed by atoms with Crippen molar-refractivity contribution >= 4 is 0 Å². The number of likely N-dealkylation sites (tertiary alicyclic amines) is 1. The lowest BCUT2D eigenvalue weighted by Crippen LogP contribution is -2.52. The van der Waals surface area contributed by atoms with Crippen LogP contribution in [0.15, 0.2) is 42.5 Å². The Hall–Kier alpha value is -2.75. The van der Waals surface area contributed by atoms with Crippen molar-refractivity contribution in [3.05, 3.63) is 53.6 Å². The highest BCUT2D eigenvalue weighted by Gasteiger charge is 2.43. The number of benzene rings is 2. The van der Waals surface area contributed by atoms with Gasteiger partial charge in [0, 0.05) is 31.1 Å². The van der Waals surface area contributed by atoms with E-state index in [0.717, 1.165) is 37.2 Å². The number of ether oxygens (including phenoxy) is 3. The average molecular weight is 466 g/mol. The molecule has 0 amide bonds. The van der Waals surface area contributed by atoms with Crippen LogP contribution in [0, 0.1) is 17.2 Å². The van der Waals surface area contributed by atoms with Gasteiger partial charge in [0.25, 0.3) is 0 Å². The van der Waals surface area contributed by atoms with Gasteiger partial charge in [-0.25, -0.2) is 0 Å². The van der Waals surface area contributed by atoms with Gasteiger partial charge in [0.1, 0.15) is 5.75 Å². The SMILES string of the molecule is COc1ccc(C2(CCN(CC#N)Cc3ccc(OC)c(OC)c3)CC(C)N(C)CC2C)cc1. The summed E-state index contributed by atoms with van der Waals surface area (Å²) in [5.41, 5.74) is 2.52. The Labute approximate surface area is 205 Å². The molecule has 6 heteroatoms. The van der Waals surface area contributed by atoms with E-state index in [4.69, 9.17) is 14.2 Å². The first-order chi connectivity index (χ1) is 16.4. The molecule has 1 aliphatic heterocycles. The molecular formula is C28H39N3O3. The summed E-state index contributed by atoms with van der Waals surface area (Å²) in [6, 6.07) is 17.4. The Morgan fingerprint density at radius 3 is 2.35 bits per heavy atom. The lowest BCUT2D eigenvalue weighted by Gasteiger charge is -2.50. The molecule has 6 nitrogen and oxygen atoms in total. The van der Waals surface area contributed by atoms with Crippen molar-refractivity contribution < 1.29 is 14.2 Å². The zero-order valence-corrected chi connectivity index (χ0v) is 21.5. The third-order valence-corrected chi connectivity index (χ3v) is 7.60. The van der Waals surface area contributed by atoms with Crippen LogP contribution in [0.3, 0.4) is 0 Å². The summed E-state index contributed by atoms with van der Waals surface area (Å²) in [6.45, 7) is 7.67. The number of nitriles is 1. The third-order valence-electron chi connectivity index (χ3n) is 7.60. The topological polar surface area (TPSA) is 58.0 Å². The number of hydrogen-bond donors (Lipinski definition) is 0. The van der Waals surface area contributed by atoms with E-state index in [9.17, 15) is 5.26 Å². The summed E-state index contributed by atoms with van der Waals surface area (Å²) in [7, 11) is 7.22. The Kier molecular flexibility index (Phi) is 8.82. The van der Waals surface area contributed by atoms with Crippen molar-refractivity contribution in [2.75, 3.05) is 48.0 Å². The van der Waals surface area contributed by atoms with E-state index in [-0.39, 0.29) is 5.41 Å². The molecule has 0 spiro atoms. The Bertz CT molecular complexity index is 972. The average Bonchev–Trinajstić information content (AvgIpc) is 2.85. The largest absolute Gasteiger partial charge is 0.497 e. The highest BCUT2D eigenvalue weighted by atomic mass is 16.5. The second-order valence-corrected chi connectivity index (χ2v) is 9.59. The van der Waals surface area contributed by atoms with Gasteiger partial charge in [-0.1, -0.05) is 25.1 Å². The van der Waals surface area contributed by atoms with E-state index in [2.05, 4.69) is 61.0 Å². The van der Waals surface area contributed by atoms with Gasteiger partial charge in [-0.15, -0.1) is 0 Å². The highest BCUT2D eigenvalue weighted by molar-refractivity contribution is 5.43. The quantitative estimate of drug-likeness (QED) is 0.473. The Morgan fingerprint density at radius 2 is 1.74 bits per heavy atom. The monoisotopic (exact) mass is 465 g/mol. The molecule has 0 saturated carbocycles. The molecule has 1 heterocycles. The lowest BCUT2D eigenvalue weighted by molar-refractivity contribution is 0.0612. The van der Waals surface area contributed by atoms with Gasteiger partial charge in [-0.3, -0.25) is 4.90 Å². The van der Waals surface area contributed by atoms with E-state index in [1.54, 1.807) is 21.3 Å². The van der Waals surface area contributed by atoms with Crippen LogP contribution < -0.4 is 14.2 Å². The van der Waals surface area contributed by atoms with Gasteiger partial charge in [0.05, 0.1) is 33.9 Å². The molecule has 0 bridgehead atoms. The normalized spacial score (nSPS) is 22.9.